The van der Waals surface area contributed by atoms with Crippen LogP contribution >= 0.6 is 0 Å². The van der Waals surface area contributed by atoms with E-state index in [1.807, 2.05) is 24.3 Å². The molecule has 0 aliphatic carbocycles. The lowest BCUT2D eigenvalue weighted by atomic mass is 10.0. The Morgan fingerprint density at radius 1 is 0.973 bits per heavy atom. The first-order chi connectivity index (χ1) is 17.4. The van der Waals surface area contributed by atoms with Crippen molar-refractivity contribution in [2.24, 2.45) is 5.73 Å². The fourth-order valence-corrected chi connectivity index (χ4v) is 3.55. The monoisotopic (exact) mass is 521 g/mol. The molecule has 0 fully saturated rings. The SMILES string of the molecule is CC(O)C(NC(=O)C(CO)NC(=O)C(N)Cc1c[nH]c2ccccc12)C(=O)NC(CCC(=O)O)C(=O)O. The molecule has 1 aromatic carbocycles. The standard InChI is InChI=1S/C23H31N5O9/c1-11(30)19(22(35)26-16(23(36)37)6-7-18(31)32)28-21(34)17(10-29)27-20(33)14(24)8-12-9-25-15-5-3-2-4-13(12)15/h2-5,9,11,14,16-17,19,25,29-30H,6-8,10,24H2,1H3,(H,26,35)(H,27,33)(H,28,34)(H,31,32)(H,36,37). The number of nitrogens with two attached hydrogens (primary N) is 1. The van der Waals surface area contributed by atoms with E-state index in [4.69, 9.17) is 10.8 Å². The van der Waals surface area contributed by atoms with E-state index in [0.717, 1.165) is 23.4 Å². The zero-order valence-electron chi connectivity index (χ0n) is 20.0. The van der Waals surface area contributed by atoms with Gasteiger partial charge in [-0.05, 0) is 31.4 Å². The van der Waals surface area contributed by atoms with Crippen LogP contribution in [0.15, 0.2) is 30.5 Å². The highest BCUT2D eigenvalue weighted by molar-refractivity contribution is 5.94. The summed E-state index contributed by atoms with van der Waals surface area (Å²) in [6, 6.07) is 1.53. The van der Waals surface area contributed by atoms with E-state index in [9.17, 15) is 39.3 Å². The molecule has 5 atom stereocenters. The average Bonchev–Trinajstić information content (AvgIpc) is 3.25. The molecule has 202 valence electrons. The molecule has 0 saturated heterocycles. The second-order valence-electron chi connectivity index (χ2n) is 8.47. The van der Waals surface area contributed by atoms with Crippen molar-refractivity contribution in [3.05, 3.63) is 36.0 Å². The summed E-state index contributed by atoms with van der Waals surface area (Å²) in [5.41, 5.74) is 7.62. The van der Waals surface area contributed by atoms with E-state index >= 15 is 0 Å². The van der Waals surface area contributed by atoms with Gasteiger partial charge in [0, 0.05) is 23.5 Å². The van der Waals surface area contributed by atoms with Crippen LogP contribution in [0.5, 0.6) is 0 Å². The molecule has 0 radical (unpaired) electrons. The summed E-state index contributed by atoms with van der Waals surface area (Å²) < 4.78 is 0. The second kappa shape index (κ2) is 13.3. The largest absolute Gasteiger partial charge is 0.481 e. The van der Waals surface area contributed by atoms with E-state index in [-0.39, 0.29) is 6.42 Å². The van der Waals surface area contributed by atoms with Crippen LogP contribution in [0.25, 0.3) is 10.9 Å². The Balaban J connectivity index is 2.01. The van der Waals surface area contributed by atoms with E-state index < -0.39 is 79.4 Å². The maximum Gasteiger partial charge on any atom is 0.326 e. The quantitative estimate of drug-likeness (QED) is 0.130. The third kappa shape index (κ3) is 8.27. The molecule has 2 aromatic rings. The van der Waals surface area contributed by atoms with Crippen molar-refractivity contribution in [3.8, 4) is 0 Å². The summed E-state index contributed by atoms with van der Waals surface area (Å²) in [5, 5.41) is 44.9. The molecular weight excluding hydrogens is 490 g/mol. The minimum atomic E-state index is -1.66. The number of rotatable bonds is 14. The predicted molar refractivity (Wildman–Crippen MR) is 129 cm³/mol. The topological polar surface area (TPSA) is 244 Å². The molecule has 37 heavy (non-hydrogen) atoms. The highest BCUT2D eigenvalue weighted by Crippen LogP contribution is 2.18. The average molecular weight is 522 g/mol. The fraction of sp³-hybridized carbons (Fsp3) is 0.435. The van der Waals surface area contributed by atoms with Crippen molar-refractivity contribution in [1.29, 1.82) is 0 Å². The first-order valence-corrected chi connectivity index (χ1v) is 11.4. The minimum absolute atomic E-state index is 0.126. The molecule has 2 rings (SSSR count). The fourth-order valence-electron chi connectivity index (χ4n) is 3.55. The van der Waals surface area contributed by atoms with Gasteiger partial charge in [0.05, 0.1) is 18.8 Å². The summed E-state index contributed by atoms with van der Waals surface area (Å²) in [7, 11) is 0. The summed E-state index contributed by atoms with van der Waals surface area (Å²) in [6.45, 7) is 0.295. The molecule has 0 saturated carbocycles. The van der Waals surface area contributed by atoms with E-state index in [2.05, 4.69) is 20.9 Å². The van der Waals surface area contributed by atoms with Crippen molar-refractivity contribution < 1.29 is 44.4 Å². The summed E-state index contributed by atoms with van der Waals surface area (Å²) in [5.74, 6) is -5.66. The number of nitrogens with one attached hydrogen (secondary N) is 4. The van der Waals surface area contributed by atoms with Gasteiger partial charge in [-0.25, -0.2) is 4.79 Å². The summed E-state index contributed by atoms with van der Waals surface area (Å²) >= 11 is 0. The molecule has 0 aliphatic rings. The van der Waals surface area contributed by atoms with Crippen molar-refractivity contribution >= 4 is 40.6 Å². The molecule has 1 aromatic heterocycles. The molecule has 3 amide bonds. The number of carboxylic acid groups (broad SMARTS) is 2. The van der Waals surface area contributed by atoms with Crippen LogP contribution in [-0.2, 0) is 30.4 Å². The number of carbonyl (C=O) groups is 5. The van der Waals surface area contributed by atoms with Gasteiger partial charge in [-0.1, -0.05) is 18.2 Å². The predicted octanol–water partition coefficient (Wildman–Crippen LogP) is -2.19. The third-order valence-electron chi connectivity index (χ3n) is 5.59. The Hall–Kier alpha value is -4.01. The molecule has 14 nitrogen and oxygen atoms in total. The number of aromatic amines is 1. The molecule has 5 unspecified atom stereocenters. The van der Waals surface area contributed by atoms with Crippen LogP contribution in [0.3, 0.4) is 0 Å². The maximum absolute atomic E-state index is 12.7. The number of hydrogen-bond acceptors (Lipinski definition) is 8. The number of hydrogen-bond donors (Lipinski definition) is 9. The third-order valence-corrected chi connectivity index (χ3v) is 5.59. The van der Waals surface area contributed by atoms with E-state index in [0.29, 0.717) is 0 Å². The van der Waals surface area contributed by atoms with Gasteiger partial charge < -0.3 is 47.1 Å². The van der Waals surface area contributed by atoms with Crippen LogP contribution < -0.4 is 21.7 Å². The maximum atomic E-state index is 12.7. The van der Waals surface area contributed by atoms with Crippen LogP contribution in [0.4, 0.5) is 0 Å². The van der Waals surface area contributed by atoms with Gasteiger partial charge in [-0.3, -0.25) is 19.2 Å². The normalized spacial score (nSPS) is 15.1. The number of H-pyrrole nitrogens is 1. The molecule has 10 N–H and O–H groups in total. The number of fused-ring (bicyclic) bond motifs is 1. The Morgan fingerprint density at radius 3 is 2.22 bits per heavy atom. The number of aliphatic hydroxyl groups is 2. The van der Waals surface area contributed by atoms with Gasteiger partial charge in [0.15, 0.2) is 0 Å². The highest BCUT2D eigenvalue weighted by Gasteiger charge is 2.32. The number of para-hydroxylation sites is 1. The van der Waals surface area contributed by atoms with Crippen LogP contribution in [0.1, 0.15) is 25.3 Å². The van der Waals surface area contributed by atoms with Gasteiger partial charge in [-0.2, -0.15) is 0 Å². The number of aliphatic carboxylic acids is 2. The Labute approximate surface area is 211 Å². The van der Waals surface area contributed by atoms with Crippen molar-refractivity contribution in [2.75, 3.05) is 6.61 Å². The van der Waals surface area contributed by atoms with Gasteiger partial charge in [0.25, 0.3) is 0 Å². The lowest BCUT2D eigenvalue weighted by Gasteiger charge is -2.25. The minimum Gasteiger partial charge on any atom is -0.481 e. The molecular formula is C23H31N5O9. The first-order valence-electron chi connectivity index (χ1n) is 11.4. The summed E-state index contributed by atoms with van der Waals surface area (Å²) in [6.07, 6.45) is -0.639. The number of aliphatic hydroxyl groups excluding tert-OH is 2. The lowest BCUT2D eigenvalue weighted by Crippen LogP contribution is -2.60. The molecule has 1 heterocycles. The molecule has 14 heteroatoms. The Morgan fingerprint density at radius 2 is 1.62 bits per heavy atom. The van der Waals surface area contributed by atoms with Crippen LogP contribution in [0.2, 0.25) is 0 Å². The van der Waals surface area contributed by atoms with Gasteiger partial charge >= 0.3 is 11.9 Å². The first kappa shape index (κ1) is 29.2. The van der Waals surface area contributed by atoms with Crippen molar-refractivity contribution in [2.45, 2.75) is 56.5 Å². The smallest absolute Gasteiger partial charge is 0.326 e. The number of aromatic nitrogens is 1. The summed E-state index contributed by atoms with van der Waals surface area (Å²) in [4.78, 5) is 62.9. The Bertz CT molecular complexity index is 1130. The van der Waals surface area contributed by atoms with Crippen LogP contribution in [-0.4, -0.2) is 91.9 Å². The van der Waals surface area contributed by atoms with Gasteiger partial charge in [-0.15, -0.1) is 0 Å². The number of benzene rings is 1. The highest BCUT2D eigenvalue weighted by atomic mass is 16.4. The van der Waals surface area contributed by atoms with E-state index in [1.165, 1.54) is 0 Å². The lowest BCUT2D eigenvalue weighted by molar-refractivity contribution is -0.144. The van der Waals surface area contributed by atoms with Crippen LogP contribution in [0, 0.1) is 0 Å². The molecule has 0 aliphatic heterocycles. The number of carbonyl (C=O) groups excluding carboxylic acids is 3. The second-order valence-corrected chi connectivity index (χ2v) is 8.47. The van der Waals surface area contributed by atoms with E-state index in [1.54, 1.807) is 6.20 Å². The van der Waals surface area contributed by atoms with Crippen molar-refractivity contribution in [1.82, 2.24) is 20.9 Å². The Kier molecular flexibility index (Phi) is 10.5. The molecule has 0 spiro atoms. The van der Waals surface area contributed by atoms with Gasteiger partial charge in [0.2, 0.25) is 17.7 Å². The number of carboxylic acids is 2. The zero-order valence-corrected chi connectivity index (χ0v) is 20.0. The van der Waals surface area contributed by atoms with Gasteiger partial charge in [0.1, 0.15) is 18.1 Å². The van der Waals surface area contributed by atoms with Crippen molar-refractivity contribution in [3.63, 3.8) is 0 Å². The zero-order chi connectivity index (χ0) is 27.7. The number of amides is 3. The molecule has 0 bridgehead atoms.